The van der Waals surface area contributed by atoms with Crippen molar-refractivity contribution < 1.29 is 19.1 Å². The van der Waals surface area contributed by atoms with E-state index in [2.05, 4.69) is 20.3 Å². The van der Waals surface area contributed by atoms with Crippen LogP contribution in [-0.4, -0.2) is 31.9 Å². The zero-order chi connectivity index (χ0) is 19.5. The Balaban J connectivity index is 1.64. The lowest BCUT2D eigenvalue weighted by Crippen LogP contribution is -2.07. The molecule has 1 aromatic carbocycles. The Morgan fingerprint density at radius 1 is 1.21 bits per heavy atom. The number of aromatic nitrogens is 3. The molecule has 3 aromatic heterocycles. The van der Waals surface area contributed by atoms with Gasteiger partial charge < -0.3 is 19.8 Å². The maximum absolute atomic E-state index is 12.1. The summed E-state index contributed by atoms with van der Waals surface area (Å²) in [6.07, 6.45) is 8.83. The Morgan fingerprint density at radius 3 is 2.89 bits per heavy atom. The minimum absolute atomic E-state index is 0.0862. The minimum Gasteiger partial charge on any atom is -0.478 e. The Hall–Kier alpha value is -4.20. The van der Waals surface area contributed by atoms with E-state index in [0.29, 0.717) is 28.0 Å². The van der Waals surface area contributed by atoms with Gasteiger partial charge in [0.15, 0.2) is 0 Å². The molecule has 0 radical (unpaired) electrons. The average molecular weight is 374 g/mol. The van der Waals surface area contributed by atoms with E-state index in [4.69, 9.17) is 4.42 Å². The number of carbonyl (C=O) groups is 2. The number of rotatable bonds is 5. The van der Waals surface area contributed by atoms with Gasteiger partial charge in [0, 0.05) is 29.1 Å². The summed E-state index contributed by atoms with van der Waals surface area (Å²) in [4.78, 5) is 34.8. The summed E-state index contributed by atoms with van der Waals surface area (Å²) in [5.41, 5.74) is 2.97. The molecule has 3 N–H and O–H groups in total. The van der Waals surface area contributed by atoms with Crippen LogP contribution in [-0.2, 0) is 4.79 Å². The van der Waals surface area contributed by atoms with Gasteiger partial charge in [-0.2, -0.15) is 0 Å². The molecule has 0 aliphatic heterocycles. The predicted molar refractivity (Wildman–Crippen MR) is 103 cm³/mol. The number of hydrogen-bond donors (Lipinski definition) is 3. The number of amides is 1. The van der Waals surface area contributed by atoms with E-state index in [0.717, 1.165) is 5.56 Å². The third-order valence-corrected chi connectivity index (χ3v) is 4.07. The van der Waals surface area contributed by atoms with E-state index >= 15 is 0 Å². The van der Waals surface area contributed by atoms with Gasteiger partial charge in [0.05, 0.1) is 29.2 Å². The van der Waals surface area contributed by atoms with Crippen molar-refractivity contribution in [1.29, 1.82) is 0 Å². The van der Waals surface area contributed by atoms with E-state index in [1.165, 1.54) is 31.1 Å². The van der Waals surface area contributed by atoms with Crippen LogP contribution in [0.5, 0.6) is 0 Å². The van der Waals surface area contributed by atoms with Gasteiger partial charge >= 0.3 is 5.97 Å². The topological polar surface area (TPSA) is 121 Å². The van der Waals surface area contributed by atoms with Gasteiger partial charge in [-0.1, -0.05) is 12.1 Å². The van der Waals surface area contributed by atoms with Gasteiger partial charge in [-0.15, -0.1) is 0 Å². The summed E-state index contributed by atoms with van der Waals surface area (Å²) in [5.74, 6) is -1.38. The summed E-state index contributed by atoms with van der Waals surface area (Å²) in [6, 6.07) is 8.75. The SMILES string of the molecule is O=C(/C=C/c1ccoc1)Nc1cccc(-c2ncnc3[nH]cc(C(=O)O)c23)c1. The first kappa shape index (κ1) is 17.2. The molecule has 0 unspecified atom stereocenters. The number of nitrogens with one attached hydrogen (secondary N) is 2. The molecular formula is C20H14N4O4. The number of hydrogen-bond acceptors (Lipinski definition) is 5. The van der Waals surface area contributed by atoms with Crippen LogP contribution in [0.2, 0.25) is 0 Å². The number of carboxylic acids is 1. The highest BCUT2D eigenvalue weighted by Crippen LogP contribution is 2.29. The Morgan fingerprint density at radius 2 is 2.11 bits per heavy atom. The van der Waals surface area contributed by atoms with Gasteiger partial charge in [0.25, 0.3) is 0 Å². The van der Waals surface area contributed by atoms with Crippen LogP contribution >= 0.6 is 0 Å². The molecule has 0 saturated heterocycles. The van der Waals surface area contributed by atoms with Crippen LogP contribution in [0, 0.1) is 0 Å². The lowest BCUT2D eigenvalue weighted by atomic mass is 10.1. The number of H-pyrrole nitrogens is 1. The summed E-state index contributed by atoms with van der Waals surface area (Å²) >= 11 is 0. The van der Waals surface area contributed by atoms with E-state index in [1.54, 1.807) is 36.4 Å². The lowest BCUT2D eigenvalue weighted by molar-refractivity contribution is -0.111. The maximum atomic E-state index is 12.1. The largest absolute Gasteiger partial charge is 0.478 e. The number of fused-ring (bicyclic) bond motifs is 1. The minimum atomic E-state index is -1.07. The second kappa shape index (κ2) is 7.20. The maximum Gasteiger partial charge on any atom is 0.338 e. The molecule has 1 amide bonds. The molecule has 8 nitrogen and oxygen atoms in total. The molecule has 3 heterocycles. The zero-order valence-corrected chi connectivity index (χ0v) is 14.4. The van der Waals surface area contributed by atoms with Crippen LogP contribution in [0.25, 0.3) is 28.4 Å². The molecule has 0 bridgehead atoms. The zero-order valence-electron chi connectivity index (χ0n) is 14.4. The molecule has 0 fully saturated rings. The van der Waals surface area contributed by atoms with E-state index < -0.39 is 5.97 Å². The number of carboxylic acid groups (broad SMARTS) is 1. The number of nitrogens with zero attached hydrogens (tertiary/aromatic N) is 2. The van der Waals surface area contributed by atoms with Crippen LogP contribution in [0.3, 0.4) is 0 Å². The fraction of sp³-hybridized carbons (Fsp3) is 0. The molecule has 4 aromatic rings. The highest BCUT2D eigenvalue weighted by molar-refractivity contribution is 6.08. The van der Waals surface area contributed by atoms with Crippen molar-refractivity contribution in [2.45, 2.75) is 0 Å². The molecule has 0 spiro atoms. The van der Waals surface area contributed by atoms with Crippen LogP contribution in [0.1, 0.15) is 15.9 Å². The standard InChI is InChI=1S/C20H14N4O4/c25-16(5-4-12-6-7-28-10-12)24-14-3-1-2-13(8-14)18-17-15(20(26)27)9-21-19(17)23-11-22-18/h1-11H,(H,24,25)(H,26,27)(H,21,22,23)/b5-4+. The molecular weight excluding hydrogens is 360 g/mol. The fourth-order valence-electron chi connectivity index (χ4n) is 2.82. The van der Waals surface area contributed by atoms with Crippen molar-refractivity contribution in [3.63, 3.8) is 0 Å². The highest BCUT2D eigenvalue weighted by atomic mass is 16.4. The number of aromatic amines is 1. The number of benzene rings is 1. The number of anilines is 1. The Labute approximate surface area is 158 Å². The molecule has 28 heavy (non-hydrogen) atoms. The third kappa shape index (κ3) is 3.38. The first-order valence-corrected chi connectivity index (χ1v) is 8.29. The quantitative estimate of drug-likeness (QED) is 0.459. The van der Waals surface area contributed by atoms with Crippen molar-refractivity contribution in [1.82, 2.24) is 15.0 Å². The van der Waals surface area contributed by atoms with Crippen molar-refractivity contribution in [3.8, 4) is 11.3 Å². The molecule has 8 heteroatoms. The Bertz CT molecular complexity index is 1190. The number of aromatic carboxylic acids is 1. The molecule has 0 atom stereocenters. The monoisotopic (exact) mass is 374 g/mol. The number of carbonyl (C=O) groups excluding carboxylic acids is 1. The molecule has 4 rings (SSSR count). The van der Waals surface area contributed by atoms with Crippen LogP contribution < -0.4 is 5.32 Å². The smallest absolute Gasteiger partial charge is 0.338 e. The summed E-state index contributed by atoms with van der Waals surface area (Å²) < 4.78 is 4.95. The van der Waals surface area contributed by atoms with Gasteiger partial charge in [-0.25, -0.2) is 14.8 Å². The second-order valence-electron chi connectivity index (χ2n) is 5.91. The molecule has 0 aliphatic carbocycles. The van der Waals surface area contributed by atoms with Crippen LogP contribution in [0.4, 0.5) is 5.69 Å². The van der Waals surface area contributed by atoms with Gasteiger partial charge in [-0.3, -0.25) is 4.79 Å². The lowest BCUT2D eigenvalue weighted by Gasteiger charge is -2.07. The first-order chi connectivity index (χ1) is 13.6. The van der Waals surface area contributed by atoms with Crippen molar-refractivity contribution in [3.05, 3.63) is 72.6 Å². The molecule has 0 saturated carbocycles. The summed E-state index contributed by atoms with van der Waals surface area (Å²) in [5, 5.41) is 12.6. The predicted octanol–water partition coefficient (Wildman–Crippen LogP) is 3.57. The van der Waals surface area contributed by atoms with Gasteiger partial charge in [-0.05, 0) is 24.3 Å². The third-order valence-electron chi connectivity index (χ3n) is 4.07. The fourth-order valence-corrected chi connectivity index (χ4v) is 2.82. The van der Waals surface area contributed by atoms with E-state index in [-0.39, 0.29) is 11.5 Å². The molecule has 0 aliphatic rings. The number of furan rings is 1. The van der Waals surface area contributed by atoms with Crippen molar-refractivity contribution in [2.24, 2.45) is 0 Å². The van der Waals surface area contributed by atoms with Crippen molar-refractivity contribution >= 4 is 34.7 Å². The normalized spacial score (nSPS) is 11.1. The summed E-state index contributed by atoms with van der Waals surface area (Å²) in [6.45, 7) is 0. The van der Waals surface area contributed by atoms with Gasteiger partial charge in [0.1, 0.15) is 12.0 Å². The van der Waals surface area contributed by atoms with E-state index in [9.17, 15) is 14.7 Å². The van der Waals surface area contributed by atoms with Gasteiger partial charge in [0.2, 0.25) is 5.91 Å². The van der Waals surface area contributed by atoms with Crippen molar-refractivity contribution in [2.75, 3.05) is 5.32 Å². The average Bonchev–Trinajstić information content (AvgIpc) is 3.36. The second-order valence-corrected chi connectivity index (χ2v) is 5.91. The van der Waals surface area contributed by atoms with Crippen LogP contribution in [0.15, 0.2) is 65.9 Å². The highest BCUT2D eigenvalue weighted by Gasteiger charge is 2.17. The Kier molecular flexibility index (Phi) is 4.43. The molecule has 138 valence electrons. The van der Waals surface area contributed by atoms with E-state index in [1.807, 2.05) is 0 Å². The first-order valence-electron chi connectivity index (χ1n) is 8.29. The summed E-state index contributed by atoms with van der Waals surface area (Å²) in [7, 11) is 0.